The molecule has 0 aliphatic carbocycles. The predicted octanol–water partition coefficient (Wildman–Crippen LogP) is -0.285. The molecule has 0 spiro atoms. The molecule has 0 amide bonds. The summed E-state index contributed by atoms with van der Waals surface area (Å²) in [4.78, 5) is 24.9. The first-order valence-electron chi connectivity index (χ1n) is 8.61. The summed E-state index contributed by atoms with van der Waals surface area (Å²) in [6, 6.07) is 6.53. The van der Waals surface area contributed by atoms with Crippen molar-refractivity contribution in [1.29, 1.82) is 0 Å². The Balaban J connectivity index is 1.96. The molecule has 3 rings (SSSR count). The van der Waals surface area contributed by atoms with E-state index >= 15 is 0 Å². The van der Waals surface area contributed by atoms with Crippen LogP contribution in [0.25, 0.3) is 11.0 Å². The summed E-state index contributed by atoms with van der Waals surface area (Å²) >= 11 is 0. The average molecular weight is 391 g/mol. The van der Waals surface area contributed by atoms with Gasteiger partial charge in [0.05, 0.1) is 19.3 Å². The van der Waals surface area contributed by atoms with Crippen molar-refractivity contribution >= 4 is 11.0 Å². The van der Waals surface area contributed by atoms with Gasteiger partial charge >= 0.3 is 5.69 Å². The number of aryl methyl sites for hydroxylation is 1. The number of aliphatic hydroxyl groups is 3. The standard InChI is InChI=1S/C18H21N3O7/c1-10-3-4-14-12(7-10)13(19-28-14)8-21-16(24)5-6-20(17(21)25)18(26)27-15(9-22)11(2)23/h3-7,11,15,18,22-23,26H,8-9H2,1-2H3/t11-,15-,18+/m1/s1. The fourth-order valence-electron chi connectivity index (χ4n) is 2.74. The molecule has 3 N–H and O–H groups in total. The predicted molar refractivity (Wildman–Crippen MR) is 97.7 cm³/mol. The number of rotatable bonds is 7. The average Bonchev–Trinajstić information content (AvgIpc) is 3.04. The third kappa shape index (κ3) is 3.90. The topological polar surface area (TPSA) is 140 Å². The summed E-state index contributed by atoms with van der Waals surface area (Å²) < 4.78 is 12.0. The molecule has 0 saturated carbocycles. The largest absolute Gasteiger partial charge is 0.394 e. The number of hydrogen-bond donors (Lipinski definition) is 3. The molecule has 2 heterocycles. The third-order valence-electron chi connectivity index (χ3n) is 4.36. The Kier molecular flexibility index (Phi) is 5.75. The highest BCUT2D eigenvalue weighted by Gasteiger charge is 2.22. The summed E-state index contributed by atoms with van der Waals surface area (Å²) in [6.45, 7) is 2.54. The molecule has 10 nitrogen and oxygen atoms in total. The third-order valence-corrected chi connectivity index (χ3v) is 4.36. The van der Waals surface area contributed by atoms with Gasteiger partial charge in [0, 0.05) is 17.6 Å². The van der Waals surface area contributed by atoms with Crippen molar-refractivity contribution in [3.8, 4) is 0 Å². The second-order valence-corrected chi connectivity index (χ2v) is 6.48. The van der Waals surface area contributed by atoms with Crippen molar-refractivity contribution in [2.75, 3.05) is 6.61 Å². The van der Waals surface area contributed by atoms with E-state index < -0.39 is 36.5 Å². The van der Waals surface area contributed by atoms with Crippen LogP contribution in [0.4, 0.5) is 0 Å². The smallest absolute Gasteiger partial charge is 0.335 e. The lowest BCUT2D eigenvalue weighted by Crippen LogP contribution is -2.43. The van der Waals surface area contributed by atoms with Gasteiger partial charge in [0.1, 0.15) is 11.8 Å². The van der Waals surface area contributed by atoms with Crippen molar-refractivity contribution in [3.05, 3.63) is 62.6 Å². The second-order valence-electron chi connectivity index (χ2n) is 6.48. The van der Waals surface area contributed by atoms with Gasteiger partial charge in [-0.25, -0.2) is 4.79 Å². The lowest BCUT2D eigenvalue weighted by atomic mass is 10.1. The molecule has 0 aliphatic rings. The van der Waals surface area contributed by atoms with E-state index in [1.807, 2.05) is 19.1 Å². The van der Waals surface area contributed by atoms with Crippen LogP contribution in [-0.4, -0.2) is 48.4 Å². The molecule has 0 bridgehead atoms. The first-order chi connectivity index (χ1) is 13.3. The Morgan fingerprint density at radius 2 is 2.00 bits per heavy atom. The molecule has 0 saturated heterocycles. The molecule has 3 aromatic rings. The van der Waals surface area contributed by atoms with Gasteiger partial charge in [-0.3, -0.25) is 13.9 Å². The van der Waals surface area contributed by atoms with Gasteiger partial charge in [-0.05, 0) is 26.0 Å². The highest BCUT2D eigenvalue weighted by atomic mass is 16.6. The van der Waals surface area contributed by atoms with Crippen LogP contribution in [0.15, 0.2) is 44.6 Å². The monoisotopic (exact) mass is 391 g/mol. The van der Waals surface area contributed by atoms with E-state index in [0.717, 1.165) is 27.0 Å². The maximum absolute atomic E-state index is 12.7. The summed E-state index contributed by atoms with van der Waals surface area (Å²) in [6.07, 6.45) is -2.91. The molecular formula is C18H21N3O7. The van der Waals surface area contributed by atoms with E-state index in [9.17, 15) is 24.9 Å². The Bertz CT molecular complexity index is 1080. The fourth-order valence-corrected chi connectivity index (χ4v) is 2.74. The molecule has 28 heavy (non-hydrogen) atoms. The number of ether oxygens (including phenoxy) is 1. The van der Waals surface area contributed by atoms with Gasteiger partial charge in [0.15, 0.2) is 5.58 Å². The highest BCUT2D eigenvalue weighted by molar-refractivity contribution is 5.80. The maximum atomic E-state index is 12.7. The normalized spacial score (nSPS) is 14.9. The summed E-state index contributed by atoms with van der Waals surface area (Å²) in [5.74, 6) is 0. The van der Waals surface area contributed by atoms with Gasteiger partial charge in [-0.15, -0.1) is 0 Å². The molecule has 3 atom stereocenters. The minimum atomic E-state index is -1.80. The Morgan fingerprint density at radius 3 is 2.68 bits per heavy atom. The molecule has 2 aromatic heterocycles. The van der Waals surface area contributed by atoms with Crippen molar-refractivity contribution in [3.63, 3.8) is 0 Å². The van der Waals surface area contributed by atoms with Crippen molar-refractivity contribution in [1.82, 2.24) is 14.3 Å². The summed E-state index contributed by atoms with van der Waals surface area (Å²) in [5.41, 5.74) is 0.448. The van der Waals surface area contributed by atoms with Gasteiger partial charge in [0.25, 0.3) is 5.56 Å². The maximum Gasteiger partial charge on any atom is 0.335 e. The van der Waals surface area contributed by atoms with Crippen LogP contribution in [0.2, 0.25) is 0 Å². The fraction of sp³-hybridized carbons (Fsp3) is 0.389. The van der Waals surface area contributed by atoms with E-state index in [1.54, 1.807) is 6.07 Å². The molecule has 0 fully saturated rings. The zero-order chi connectivity index (χ0) is 20.4. The molecular weight excluding hydrogens is 370 g/mol. The van der Waals surface area contributed by atoms with Crippen LogP contribution in [0.1, 0.15) is 24.6 Å². The number of aliphatic hydroxyl groups excluding tert-OH is 3. The molecule has 1 aromatic carbocycles. The van der Waals surface area contributed by atoms with Crippen LogP contribution in [0.3, 0.4) is 0 Å². The van der Waals surface area contributed by atoms with Crippen LogP contribution in [-0.2, 0) is 11.3 Å². The van der Waals surface area contributed by atoms with Gasteiger partial charge in [-0.2, -0.15) is 0 Å². The number of fused-ring (bicyclic) bond motifs is 1. The number of aromatic nitrogens is 3. The van der Waals surface area contributed by atoms with Crippen LogP contribution < -0.4 is 11.2 Å². The molecule has 150 valence electrons. The van der Waals surface area contributed by atoms with Gasteiger partial charge < -0.3 is 24.6 Å². The highest BCUT2D eigenvalue weighted by Crippen LogP contribution is 2.20. The van der Waals surface area contributed by atoms with Crippen LogP contribution >= 0.6 is 0 Å². The number of hydrogen-bond acceptors (Lipinski definition) is 8. The molecule has 10 heteroatoms. The minimum absolute atomic E-state index is 0.165. The quantitative estimate of drug-likeness (QED) is 0.467. The first kappa shape index (κ1) is 20.0. The number of benzene rings is 1. The van der Waals surface area contributed by atoms with Crippen molar-refractivity contribution in [2.45, 2.75) is 39.0 Å². The van der Waals surface area contributed by atoms with Crippen molar-refractivity contribution in [2.24, 2.45) is 0 Å². The van der Waals surface area contributed by atoms with E-state index in [1.165, 1.54) is 6.92 Å². The minimum Gasteiger partial charge on any atom is -0.394 e. The van der Waals surface area contributed by atoms with E-state index in [2.05, 4.69) is 5.16 Å². The summed E-state index contributed by atoms with van der Waals surface area (Å²) in [5, 5.41) is 33.5. The van der Waals surface area contributed by atoms with Crippen LogP contribution in [0.5, 0.6) is 0 Å². The Labute approximate surface area is 158 Å². The van der Waals surface area contributed by atoms with Crippen molar-refractivity contribution < 1.29 is 24.6 Å². The zero-order valence-electron chi connectivity index (χ0n) is 15.3. The molecule has 0 unspecified atom stereocenters. The van der Waals surface area contributed by atoms with E-state index in [0.29, 0.717) is 16.7 Å². The SMILES string of the molecule is Cc1ccc2onc(Cn3c(=O)ccn([C@@H](O)O[C@H](CO)[C@@H](C)O)c3=O)c2c1. The van der Waals surface area contributed by atoms with E-state index in [4.69, 9.17) is 9.26 Å². The molecule has 0 aliphatic heterocycles. The molecule has 0 radical (unpaired) electrons. The lowest BCUT2D eigenvalue weighted by molar-refractivity contribution is -0.214. The van der Waals surface area contributed by atoms with E-state index in [-0.39, 0.29) is 6.54 Å². The first-order valence-corrected chi connectivity index (χ1v) is 8.61. The van der Waals surface area contributed by atoms with Crippen LogP contribution in [0, 0.1) is 6.92 Å². The Morgan fingerprint density at radius 1 is 1.25 bits per heavy atom. The van der Waals surface area contributed by atoms with Gasteiger partial charge in [0.2, 0.25) is 6.41 Å². The summed E-state index contributed by atoms with van der Waals surface area (Å²) in [7, 11) is 0. The zero-order valence-corrected chi connectivity index (χ0v) is 15.3. The Hall–Kier alpha value is -2.79. The van der Waals surface area contributed by atoms with Gasteiger partial charge in [-0.1, -0.05) is 16.8 Å². The lowest BCUT2D eigenvalue weighted by Gasteiger charge is -2.23. The second kappa shape index (κ2) is 8.07. The number of nitrogens with zero attached hydrogens (tertiary/aromatic N) is 3.